The molecule has 0 bridgehead atoms. The molecule has 1 aromatic carbocycles. The molecule has 0 unspecified atom stereocenters. The van der Waals surface area contributed by atoms with Crippen LogP contribution in [0.15, 0.2) is 24.3 Å². The van der Waals surface area contributed by atoms with Crippen LogP contribution < -0.4 is 0 Å². The Kier molecular flexibility index (Phi) is 2.49. The van der Waals surface area contributed by atoms with Gasteiger partial charge in [0.05, 0.1) is 5.56 Å². The Bertz CT molecular complexity index is 334. The summed E-state index contributed by atoms with van der Waals surface area (Å²) in [6.45, 7) is 0. The summed E-state index contributed by atoms with van der Waals surface area (Å²) in [4.78, 5) is 10.6. The lowest BCUT2D eigenvalue weighted by Crippen LogP contribution is -2.00. The van der Waals surface area contributed by atoms with Crippen LogP contribution in [0.25, 0.3) is 0 Å². The van der Waals surface area contributed by atoms with Crippen LogP contribution in [-0.2, 0) is 6.42 Å². The summed E-state index contributed by atoms with van der Waals surface area (Å²) in [6.07, 6.45) is 5.45. The Hall–Kier alpha value is -1.75. The van der Waals surface area contributed by atoms with Gasteiger partial charge >= 0.3 is 5.97 Å². The van der Waals surface area contributed by atoms with Gasteiger partial charge in [0.1, 0.15) is 0 Å². The average molecular weight is 160 g/mol. The number of benzene rings is 1. The Morgan fingerprint density at radius 2 is 2.17 bits per heavy atom. The summed E-state index contributed by atoms with van der Waals surface area (Å²) in [5.41, 5.74) is 0.975. The molecule has 1 rings (SSSR count). The Morgan fingerprint density at radius 1 is 1.50 bits per heavy atom. The number of carboxylic acid groups (broad SMARTS) is 1. The van der Waals surface area contributed by atoms with E-state index in [1.54, 1.807) is 24.3 Å². The highest BCUT2D eigenvalue weighted by atomic mass is 16.4. The van der Waals surface area contributed by atoms with Gasteiger partial charge in [-0.2, -0.15) is 0 Å². The predicted octanol–water partition coefficient (Wildman–Crippen LogP) is 1.56. The molecule has 12 heavy (non-hydrogen) atoms. The number of terminal acetylenes is 1. The number of hydrogen-bond acceptors (Lipinski definition) is 1. The van der Waals surface area contributed by atoms with E-state index in [2.05, 4.69) is 5.92 Å². The zero-order chi connectivity index (χ0) is 8.97. The predicted molar refractivity (Wildman–Crippen MR) is 45.9 cm³/mol. The topological polar surface area (TPSA) is 37.3 Å². The van der Waals surface area contributed by atoms with Gasteiger partial charge in [-0.25, -0.2) is 4.79 Å². The molecule has 0 heterocycles. The second-order valence-corrected chi connectivity index (χ2v) is 2.34. The van der Waals surface area contributed by atoms with Crippen LogP contribution in [0.4, 0.5) is 0 Å². The van der Waals surface area contributed by atoms with E-state index in [-0.39, 0.29) is 5.56 Å². The van der Waals surface area contributed by atoms with Crippen molar-refractivity contribution in [3.05, 3.63) is 35.4 Å². The van der Waals surface area contributed by atoms with Gasteiger partial charge in [-0.3, -0.25) is 0 Å². The summed E-state index contributed by atoms with van der Waals surface area (Å²) in [6, 6.07) is 6.74. The first-order valence-corrected chi connectivity index (χ1v) is 3.50. The highest BCUT2D eigenvalue weighted by Gasteiger charge is 2.06. The zero-order valence-corrected chi connectivity index (χ0v) is 6.45. The van der Waals surface area contributed by atoms with Crippen LogP contribution in [0.5, 0.6) is 0 Å². The Labute approximate surface area is 70.8 Å². The number of carbonyl (C=O) groups is 1. The minimum Gasteiger partial charge on any atom is -0.478 e. The lowest BCUT2D eigenvalue weighted by atomic mass is 10.1. The van der Waals surface area contributed by atoms with E-state index in [1.807, 2.05) is 0 Å². The molecular formula is C10H8O2. The van der Waals surface area contributed by atoms with E-state index in [9.17, 15) is 4.79 Å². The Balaban J connectivity index is 3.10. The summed E-state index contributed by atoms with van der Waals surface area (Å²) in [7, 11) is 0. The third kappa shape index (κ3) is 1.64. The number of hydrogen-bond donors (Lipinski definition) is 1. The molecule has 0 aliphatic carbocycles. The summed E-state index contributed by atoms with van der Waals surface area (Å²) in [5, 5.41) is 8.72. The third-order valence-corrected chi connectivity index (χ3v) is 1.54. The van der Waals surface area contributed by atoms with E-state index < -0.39 is 5.97 Å². The minimum absolute atomic E-state index is 0.287. The molecule has 2 nitrogen and oxygen atoms in total. The first-order valence-electron chi connectivity index (χ1n) is 3.50. The maximum atomic E-state index is 10.6. The van der Waals surface area contributed by atoms with Gasteiger partial charge in [0.25, 0.3) is 0 Å². The molecule has 0 aliphatic heterocycles. The molecule has 0 spiro atoms. The van der Waals surface area contributed by atoms with Gasteiger partial charge in [-0.15, -0.1) is 12.3 Å². The molecule has 0 radical (unpaired) electrons. The van der Waals surface area contributed by atoms with Crippen molar-refractivity contribution in [2.75, 3.05) is 0 Å². The van der Waals surface area contributed by atoms with Gasteiger partial charge in [0.15, 0.2) is 0 Å². The second-order valence-electron chi connectivity index (χ2n) is 2.34. The normalized spacial score (nSPS) is 8.92. The first kappa shape index (κ1) is 8.35. The lowest BCUT2D eigenvalue weighted by Gasteiger charge is -1.99. The highest BCUT2D eigenvalue weighted by molar-refractivity contribution is 5.89. The Morgan fingerprint density at radius 3 is 2.75 bits per heavy atom. The van der Waals surface area contributed by atoms with Crippen molar-refractivity contribution < 1.29 is 9.90 Å². The highest BCUT2D eigenvalue weighted by Crippen LogP contribution is 2.08. The first-order chi connectivity index (χ1) is 5.75. The van der Waals surface area contributed by atoms with Crippen molar-refractivity contribution in [1.29, 1.82) is 0 Å². The molecule has 0 saturated carbocycles. The lowest BCUT2D eigenvalue weighted by molar-refractivity contribution is 0.0696. The molecule has 0 saturated heterocycles. The number of rotatable bonds is 2. The van der Waals surface area contributed by atoms with Crippen molar-refractivity contribution in [1.82, 2.24) is 0 Å². The van der Waals surface area contributed by atoms with Crippen LogP contribution in [-0.4, -0.2) is 11.1 Å². The van der Waals surface area contributed by atoms with Gasteiger partial charge in [0.2, 0.25) is 0 Å². The van der Waals surface area contributed by atoms with Gasteiger partial charge in [-0.05, 0) is 11.6 Å². The fourth-order valence-electron chi connectivity index (χ4n) is 0.993. The van der Waals surface area contributed by atoms with Crippen molar-refractivity contribution >= 4 is 5.97 Å². The van der Waals surface area contributed by atoms with Crippen molar-refractivity contribution in [3.8, 4) is 12.3 Å². The second kappa shape index (κ2) is 3.59. The molecule has 0 amide bonds. The minimum atomic E-state index is -0.930. The fourth-order valence-corrected chi connectivity index (χ4v) is 0.993. The van der Waals surface area contributed by atoms with E-state index in [0.717, 1.165) is 0 Å². The number of carboxylic acids is 1. The van der Waals surface area contributed by atoms with Crippen LogP contribution in [0.3, 0.4) is 0 Å². The molecule has 0 aliphatic rings. The maximum absolute atomic E-state index is 10.6. The van der Waals surface area contributed by atoms with E-state index >= 15 is 0 Å². The van der Waals surface area contributed by atoms with Crippen molar-refractivity contribution in [2.24, 2.45) is 0 Å². The molecule has 0 atom stereocenters. The fraction of sp³-hybridized carbons (Fsp3) is 0.100. The van der Waals surface area contributed by atoms with Crippen molar-refractivity contribution in [2.45, 2.75) is 6.42 Å². The molecular weight excluding hydrogens is 152 g/mol. The largest absolute Gasteiger partial charge is 0.478 e. The molecule has 60 valence electrons. The quantitative estimate of drug-likeness (QED) is 0.666. The van der Waals surface area contributed by atoms with E-state index in [1.165, 1.54) is 0 Å². The van der Waals surface area contributed by atoms with Gasteiger partial charge in [0, 0.05) is 6.42 Å². The summed E-state index contributed by atoms with van der Waals surface area (Å²) in [5.74, 6) is 1.49. The standard InChI is InChI=1S/C10H8O2/c1-2-5-8-6-3-4-7-9(8)10(11)12/h1,3-4,6-7H,5H2,(H,11,12). The smallest absolute Gasteiger partial charge is 0.335 e. The van der Waals surface area contributed by atoms with Crippen LogP contribution in [0.2, 0.25) is 0 Å². The zero-order valence-electron chi connectivity index (χ0n) is 6.45. The molecule has 1 N–H and O–H groups in total. The maximum Gasteiger partial charge on any atom is 0.335 e. The third-order valence-electron chi connectivity index (χ3n) is 1.54. The van der Waals surface area contributed by atoms with Gasteiger partial charge < -0.3 is 5.11 Å². The van der Waals surface area contributed by atoms with Crippen LogP contribution in [0, 0.1) is 12.3 Å². The molecule has 2 heteroatoms. The van der Waals surface area contributed by atoms with Crippen LogP contribution >= 0.6 is 0 Å². The summed E-state index contributed by atoms with van der Waals surface area (Å²) >= 11 is 0. The van der Waals surface area contributed by atoms with Crippen LogP contribution in [0.1, 0.15) is 15.9 Å². The van der Waals surface area contributed by atoms with Gasteiger partial charge in [-0.1, -0.05) is 18.2 Å². The molecule has 0 fully saturated rings. The average Bonchev–Trinajstić information content (AvgIpc) is 2.05. The SMILES string of the molecule is C#CCc1ccccc1C(=O)O. The number of aromatic carboxylic acids is 1. The summed E-state index contributed by atoms with van der Waals surface area (Å²) < 4.78 is 0. The van der Waals surface area contributed by atoms with Crippen molar-refractivity contribution in [3.63, 3.8) is 0 Å². The monoisotopic (exact) mass is 160 g/mol. The van der Waals surface area contributed by atoms with E-state index in [0.29, 0.717) is 12.0 Å². The molecule has 0 aromatic heterocycles. The molecule has 1 aromatic rings. The van der Waals surface area contributed by atoms with E-state index in [4.69, 9.17) is 11.5 Å².